The Labute approximate surface area is 101 Å². The first kappa shape index (κ1) is 11.7. The van der Waals surface area contributed by atoms with Crippen LogP contribution in [0.25, 0.3) is 0 Å². The van der Waals surface area contributed by atoms with Gasteiger partial charge in [-0.3, -0.25) is 0 Å². The van der Waals surface area contributed by atoms with Gasteiger partial charge in [0.1, 0.15) is 0 Å². The standard InChI is InChI=1S/C8H12N2O2S3/c1-2-12-4-6-14-8-10-9-7(15-8)13-5-3-11-1/h1-6H2. The average molecular weight is 264 g/mol. The van der Waals surface area contributed by atoms with Crippen molar-refractivity contribution in [3.8, 4) is 0 Å². The van der Waals surface area contributed by atoms with E-state index in [0.29, 0.717) is 13.2 Å². The number of thioether (sulfide) groups is 2. The van der Waals surface area contributed by atoms with Crippen LogP contribution in [0.3, 0.4) is 0 Å². The van der Waals surface area contributed by atoms with Crippen LogP contribution in [0.4, 0.5) is 0 Å². The Hall–Kier alpha value is 0.180. The molecule has 4 nitrogen and oxygen atoms in total. The molecular formula is C8H12N2O2S3. The molecule has 1 aromatic rings. The van der Waals surface area contributed by atoms with Crippen LogP contribution in [-0.2, 0) is 9.47 Å². The molecule has 2 rings (SSSR count). The van der Waals surface area contributed by atoms with Crippen molar-refractivity contribution in [3.05, 3.63) is 0 Å². The lowest BCUT2D eigenvalue weighted by atomic mass is 10.7. The zero-order valence-corrected chi connectivity index (χ0v) is 10.6. The molecular weight excluding hydrogens is 252 g/mol. The maximum Gasteiger partial charge on any atom is 0.175 e. The quantitative estimate of drug-likeness (QED) is 0.711. The fourth-order valence-corrected chi connectivity index (χ4v) is 3.88. The third-order valence-electron chi connectivity index (χ3n) is 1.67. The number of hydrogen-bond donors (Lipinski definition) is 0. The minimum Gasteiger partial charge on any atom is -0.378 e. The minimum atomic E-state index is 0.686. The highest BCUT2D eigenvalue weighted by Gasteiger charge is 2.06. The van der Waals surface area contributed by atoms with Crippen LogP contribution in [0.2, 0.25) is 0 Å². The van der Waals surface area contributed by atoms with Gasteiger partial charge in [-0.05, 0) is 0 Å². The minimum absolute atomic E-state index is 0.686. The first-order valence-electron chi connectivity index (χ1n) is 4.70. The van der Waals surface area contributed by atoms with Gasteiger partial charge in [0.15, 0.2) is 8.68 Å². The molecule has 84 valence electrons. The maximum absolute atomic E-state index is 5.40. The van der Waals surface area contributed by atoms with Crippen molar-refractivity contribution in [2.75, 3.05) is 37.9 Å². The first-order chi connectivity index (χ1) is 7.45. The second-order valence-electron chi connectivity index (χ2n) is 2.76. The molecule has 0 atom stereocenters. The van der Waals surface area contributed by atoms with Crippen molar-refractivity contribution >= 4 is 34.9 Å². The maximum atomic E-state index is 5.40. The number of fused-ring (bicyclic) bond motifs is 2. The van der Waals surface area contributed by atoms with Crippen LogP contribution in [0.15, 0.2) is 8.68 Å². The lowest BCUT2D eigenvalue weighted by Gasteiger charge is -2.04. The lowest BCUT2D eigenvalue weighted by molar-refractivity contribution is 0.0605. The molecule has 1 aromatic heterocycles. The summed E-state index contributed by atoms with van der Waals surface area (Å²) in [5.74, 6) is 1.86. The fourth-order valence-electron chi connectivity index (χ4n) is 1.01. The summed E-state index contributed by atoms with van der Waals surface area (Å²) in [5.41, 5.74) is 0. The van der Waals surface area contributed by atoms with Crippen molar-refractivity contribution in [1.29, 1.82) is 0 Å². The summed E-state index contributed by atoms with van der Waals surface area (Å²) >= 11 is 5.05. The van der Waals surface area contributed by atoms with Gasteiger partial charge in [0, 0.05) is 11.5 Å². The Bertz CT molecular complexity index is 269. The molecule has 0 aliphatic carbocycles. The van der Waals surface area contributed by atoms with E-state index in [9.17, 15) is 0 Å². The van der Waals surface area contributed by atoms with E-state index in [1.807, 2.05) is 0 Å². The third kappa shape index (κ3) is 4.28. The van der Waals surface area contributed by atoms with Crippen LogP contribution in [0, 0.1) is 0 Å². The normalized spacial score (nSPS) is 20.0. The Morgan fingerprint density at radius 1 is 0.800 bits per heavy atom. The van der Waals surface area contributed by atoms with Gasteiger partial charge < -0.3 is 9.47 Å². The van der Waals surface area contributed by atoms with E-state index in [-0.39, 0.29) is 0 Å². The average Bonchev–Trinajstić information content (AvgIpc) is 2.69. The first-order valence-corrected chi connectivity index (χ1v) is 7.48. The second-order valence-corrected chi connectivity index (χ2v) is 6.42. The molecule has 2 heterocycles. The summed E-state index contributed by atoms with van der Waals surface area (Å²) in [6.07, 6.45) is 0. The number of nitrogens with zero attached hydrogens (tertiary/aromatic N) is 2. The van der Waals surface area contributed by atoms with E-state index < -0.39 is 0 Å². The van der Waals surface area contributed by atoms with Crippen molar-refractivity contribution in [2.45, 2.75) is 8.68 Å². The van der Waals surface area contributed by atoms with Crippen molar-refractivity contribution in [1.82, 2.24) is 10.2 Å². The smallest absolute Gasteiger partial charge is 0.175 e. The van der Waals surface area contributed by atoms with Gasteiger partial charge in [-0.15, -0.1) is 10.2 Å². The Kier molecular flexibility index (Phi) is 5.20. The van der Waals surface area contributed by atoms with Crippen LogP contribution in [0.1, 0.15) is 0 Å². The second kappa shape index (κ2) is 6.70. The van der Waals surface area contributed by atoms with Crippen LogP contribution >= 0.6 is 34.9 Å². The highest BCUT2D eigenvalue weighted by atomic mass is 32.2. The number of rotatable bonds is 0. The molecule has 0 unspecified atom stereocenters. The Morgan fingerprint density at radius 3 is 1.87 bits per heavy atom. The fraction of sp³-hybridized carbons (Fsp3) is 0.750. The van der Waals surface area contributed by atoms with Crippen LogP contribution in [-0.4, -0.2) is 48.1 Å². The number of ether oxygens (including phenoxy) is 2. The van der Waals surface area contributed by atoms with Gasteiger partial charge in [-0.2, -0.15) is 0 Å². The molecule has 2 bridgehead atoms. The number of aromatic nitrogens is 2. The van der Waals surface area contributed by atoms with E-state index in [4.69, 9.17) is 9.47 Å². The summed E-state index contributed by atoms with van der Waals surface area (Å²) in [4.78, 5) is 0. The monoisotopic (exact) mass is 264 g/mol. The molecule has 0 N–H and O–H groups in total. The largest absolute Gasteiger partial charge is 0.378 e. The molecule has 1 aliphatic heterocycles. The van der Waals surface area contributed by atoms with Gasteiger partial charge in [0.05, 0.1) is 26.4 Å². The molecule has 1 aliphatic rings. The van der Waals surface area contributed by atoms with Crippen molar-refractivity contribution < 1.29 is 9.47 Å². The summed E-state index contributed by atoms with van der Waals surface area (Å²) < 4.78 is 12.9. The van der Waals surface area contributed by atoms with Crippen molar-refractivity contribution in [3.63, 3.8) is 0 Å². The zero-order chi connectivity index (χ0) is 10.3. The third-order valence-corrected chi connectivity index (χ3v) is 4.78. The predicted octanol–water partition coefficient (Wildman–Crippen LogP) is 1.77. The van der Waals surface area contributed by atoms with Gasteiger partial charge in [0.2, 0.25) is 0 Å². The van der Waals surface area contributed by atoms with E-state index in [1.54, 1.807) is 34.9 Å². The van der Waals surface area contributed by atoms with E-state index in [0.717, 1.165) is 33.4 Å². The molecule has 0 saturated heterocycles. The molecule has 0 amide bonds. The molecule has 7 heteroatoms. The van der Waals surface area contributed by atoms with Gasteiger partial charge in [0.25, 0.3) is 0 Å². The highest BCUT2D eigenvalue weighted by molar-refractivity contribution is 8.03. The van der Waals surface area contributed by atoms with Crippen LogP contribution < -0.4 is 0 Å². The molecule has 0 fully saturated rings. The lowest BCUT2D eigenvalue weighted by Crippen LogP contribution is -2.08. The molecule has 0 radical (unpaired) electrons. The molecule has 0 aromatic carbocycles. The Balaban J connectivity index is 1.88. The van der Waals surface area contributed by atoms with Crippen molar-refractivity contribution in [2.24, 2.45) is 0 Å². The highest BCUT2D eigenvalue weighted by Crippen LogP contribution is 2.28. The number of hydrogen-bond acceptors (Lipinski definition) is 7. The van der Waals surface area contributed by atoms with Gasteiger partial charge >= 0.3 is 0 Å². The molecule has 15 heavy (non-hydrogen) atoms. The van der Waals surface area contributed by atoms with E-state index in [1.165, 1.54) is 0 Å². The summed E-state index contributed by atoms with van der Waals surface area (Å²) in [6.45, 7) is 2.86. The SMILES string of the molecule is C1COCCSc2nnc(s2)SCCO1. The predicted molar refractivity (Wildman–Crippen MR) is 63.0 cm³/mol. The topological polar surface area (TPSA) is 44.2 Å². The van der Waals surface area contributed by atoms with Crippen LogP contribution in [0.5, 0.6) is 0 Å². The van der Waals surface area contributed by atoms with Gasteiger partial charge in [-0.25, -0.2) is 0 Å². The van der Waals surface area contributed by atoms with E-state index >= 15 is 0 Å². The summed E-state index contributed by atoms with van der Waals surface area (Å²) in [6, 6.07) is 0. The summed E-state index contributed by atoms with van der Waals surface area (Å²) in [5, 5.41) is 8.20. The molecule has 0 spiro atoms. The zero-order valence-electron chi connectivity index (χ0n) is 8.18. The summed E-state index contributed by atoms with van der Waals surface area (Å²) in [7, 11) is 0. The van der Waals surface area contributed by atoms with E-state index in [2.05, 4.69) is 10.2 Å². The van der Waals surface area contributed by atoms with Gasteiger partial charge in [-0.1, -0.05) is 34.9 Å². The molecule has 0 saturated carbocycles. The Morgan fingerprint density at radius 2 is 1.33 bits per heavy atom.